The van der Waals surface area contributed by atoms with Crippen LogP contribution >= 0.6 is 0 Å². The van der Waals surface area contributed by atoms with Crippen LogP contribution in [0.4, 0.5) is 5.69 Å². The molecule has 7 heteroatoms. The van der Waals surface area contributed by atoms with Gasteiger partial charge >= 0.3 is 0 Å². The van der Waals surface area contributed by atoms with Crippen molar-refractivity contribution in [1.29, 1.82) is 0 Å². The van der Waals surface area contributed by atoms with Gasteiger partial charge in [-0.15, -0.1) is 0 Å². The van der Waals surface area contributed by atoms with Crippen LogP contribution in [0.1, 0.15) is 28.4 Å². The summed E-state index contributed by atoms with van der Waals surface area (Å²) in [6, 6.07) is 19.6. The molecule has 0 bridgehead atoms. The zero-order valence-electron chi connectivity index (χ0n) is 19.8. The van der Waals surface area contributed by atoms with Gasteiger partial charge in [-0.05, 0) is 65.6 Å². The van der Waals surface area contributed by atoms with Crippen molar-refractivity contribution < 1.29 is 24.1 Å². The zero-order valence-corrected chi connectivity index (χ0v) is 19.8. The number of amides is 1. The lowest BCUT2D eigenvalue weighted by Gasteiger charge is -2.44. The van der Waals surface area contributed by atoms with E-state index >= 15 is 0 Å². The van der Waals surface area contributed by atoms with Crippen LogP contribution in [0, 0.1) is 5.92 Å². The Morgan fingerprint density at radius 2 is 1.89 bits per heavy atom. The van der Waals surface area contributed by atoms with E-state index in [9.17, 15) is 9.90 Å². The average molecular weight is 473 g/mol. The monoisotopic (exact) mass is 472 g/mol. The number of carbonyl (C=O) groups is 1. The van der Waals surface area contributed by atoms with Crippen LogP contribution in [0.2, 0.25) is 0 Å². The second-order valence-corrected chi connectivity index (χ2v) is 9.33. The first kappa shape index (κ1) is 21.8. The first-order chi connectivity index (χ1) is 17.1. The number of rotatable bonds is 4. The Kier molecular flexibility index (Phi) is 5.29. The molecule has 1 fully saturated rings. The molecule has 3 aliphatic heterocycles. The number of anilines is 1. The zero-order chi connectivity index (χ0) is 24.1. The molecule has 6 rings (SSSR count). The van der Waals surface area contributed by atoms with Crippen LogP contribution in [-0.2, 0) is 0 Å². The molecule has 3 aromatic carbocycles. The molecule has 1 saturated heterocycles. The molecule has 1 amide bonds. The lowest BCUT2D eigenvalue weighted by atomic mass is 9.81. The largest absolute Gasteiger partial charge is 0.497 e. The molecule has 3 aliphatic rings. The first-order valence-electron chi connectivity index (χ1n) is 11.9. The number of likely N-dealkylation sites (tertiary alicyclic amines) is 1. The predicted molar refractivity (Wildman–Crippen MR) is 132 cm³/mol. The van der Waals surface area contributed by atoms with Gasteiger partial charge in [-0.2, -0.15) is 0 Å². The average Bonchev–Trinajstić information content (AvgIpc) is 3.55. The molecular formula is C28H28N2O5. The number of hydrogen-bond donors (Lipinski definition) is 1. The molecule has 0 aliphatic carbocycles. The van der Waals surface area contributed by atoms with Gasteiger partial charge in [0.25, 0.3) is 5.91 Å². The summed E-state index contributed by atoms with van der Waals surface area (Å²) in [6.45, 7) is 0.850. The Morgan fingerprint density at radius 3 is 2.71 bits per heavy atom. The molecule has 7 nitrogen and oxygen atoms in total. The molecule has 180 valence electrons. The van der Waals surface area contributed by atoms with Crippen LogP contribution in [-0.4, -0.2) is 56.1 Å². The molecule has 3 aromatic rings. The SMILES string of the molecule is COc1cccc(-c2ccc3c(c2)[C@H]2[C@H](CCN2C(=O)c2ccc4c(c2)OCO4)[C@H](CO)N3C)c1. The minimum Gasteiger partial charge on any atom is -0.497 e. The topological polar surface area (TPSA) is 71.5 Å². The van der Waals surface area contributed by atoms with Crippen LogP contribution in [0.3, 0.4) is 0 Å². The Balaban J connectivity index is 1.42. The van der Waals surface area contributed by atoms with Gasteiger partial charge in [0.2, 0.25) is 6.79 Å². The van der Waals surface area contributed by atoms with Crippen molar-refractivity contribution in [3.8, 4) is 28.4 Å². The third-order valence-corrected chi connectivity index (χ3v) is 7.63. The maximum Gasteiger partial charge on any atom is 0.254 e. The van der Waals surface area contributed by atoms with E-state index in [1.54, 1.807) is 25.3 Å². The normalized spacial score (nSPS) is 22.1. The highest BCUT2D eigenvalue weighted by Crippen LogP contribution is 2.50. The number of hydrogen-bond acceptors (Lipinski definition) is 6. The van der Waals surface area contributed by atoms with Crippen molar-refractivity contribution in [2.24, 2.45) is 5.92 Å². The molecule has 3 heterocycles. The predicted octanol–water partition coefficient (Wildman–Crippen LogP) is 4.11. The van der Waals surface area contributed by atoms with Gasteiger partial charge in [0.05, 0.1) is 25.8 Å². The van der Waals surface area contributed by atoms with E-state index in [1.807, 2.05) is 30.1 Å². The Labute approximate surface area is 204 Å². The summed E-state index contributed by atoms with van der Waals surface area (Å²) in [6.07, 6.45) is 0.833. The van der Waals surface area contributed by atoms with E-state index in [0.29, 0.717) is 23.6 Å². The number of aliphatic hydroxyl groups is 1. The highest BCUT2D eigenvalue weighted by Gasteiger charge is 2.47. The fourth-order valence-corrected chi connectivity index (χ4v) is 5.86. The molecule has 0 saturated carbocycles. The fourth-order valence-electron chi connectivity index (χ4n) is 5.86. The summed E-state index contributed by atoms with van der Waals surface area (Å²) < 4.78 is 16.3. The lowest BCUT2D eigenvalue weighted by molar-refractivity contribution is 0.0693. The Morgan fingerprint density at radius 1 is 1.06 bits per heavy atom. The van der Waals surface area contributed by atoms with Gasteiger partial charge in [-0.1, -0.05) is 18.2 Å². The first-order valence-corrected chi connectivity index (χ1v) is 11.9. The van der Waals surface area contributed by atoms with E-state index in [-0.39, 0.29) is 37.3 Å². The van der Waals surface area contributed by atoms with E-state index in [2.05, 4.69) is 29.2 Å². The van der Waals surface area contributed by atoms with Crippen LogP contribution in [0.5, 0.6) is 17.2 Å². The number of fused-ring (bicyclic) bond motifs is 4. The van der Waals surface area contributed by atoms with Crippen LogP contribution in [0.25, 0.3) is 11.1 Å². The van der Waals surface area contributed by atoms with Crippen molar-refractivity contribution in [1.82, 2.24) is 4.90 Å². The Hall–Kier alpha value is -3.71. The standard InChI is InChI=1S/C28H28N2O5/c1-29-23-8-6-18(17-4-3-5-20(12-17)33-2)13-22(23)27-21(24(29)15-31)10-11-30(27)28(32)19-7-9-25-26(14-19)35-16-34-25/h3-9,12-14,21,24,27,31H,10-11,15-16H2,1-2H3/t21-,24+,27-/m1/s1. The molecule has 0 spiro atoms. The Bertz CT molecular complexity index is 1290. The number of likely N-dealkylation sites (N-methyl/N-ethyl adjacent to an activating group) is 1. The summed E-state index contributed by atoms with van der Waals surface area (Å²) in [4.78, 5) is 17.9. The van der Waals surface area contributed by atoms with Crippen LogP contribution < -0.4 is 19.1 Å². The second kappa shape index (κ2) is 8.50. The van der Waals surface area contributed by atoms with Gasteiger partial charge in [0.1, 0.15) is 5.75 Å². The van der Waals surface area contributed by atoms with Crippen molar-refractivity contribution in [2.75, 3.05) is 39.0 Å². The van der Waals surface area contributed by atoms with Crippen molar-refractivity contribution in [3.05, 3.63) is 71.8 Å². The minimum absolute atomic E-state index is 0.0326. The highest BCUT2D eigenvalue weighted by molar-refractivity contribution is 5.95. The molecule has 35 heavy (non-hydrogen) atoms. The number of carbonyl (C=O) groups excluding carboxylic acids is 1. The summed E-state index contributed by atoms with van der Waals surface area (Å²) >= 11 is 0. The maximum atomic E-state index is 13.8. The maximum absolute atomic E-state index is 13.8. The fraction of sp³-hybridized carbons (Fsp3) is 0.321. The van der Waals surface area contributed by atoms with Gasteiger partial charge in [-0.25, -0.2) is 0 Å². The van der Waals surface area contributed by atoms with E-state index in [4.69, 9.17) is 14.2 Å². The molecule has 0 unspecified atom stereocenters. The molecule has 0 aromatic heterocycles. The van der Waals surface area contributed by atoms with Gasteiger partial charge in [-0.3, -0.25) is 4.79 Å². The highest BCUT2D eigenvalue weighted by atomic mass is 16.7. The third-order valence-electron chi connectivity index (χ3n) is 7.63. The van der Waals surface area contributed by atoms with Gasteiger partial charge in [0, 0.05) is 30.8 Å². The number of aliphatic hydroxyl groups excluding tert-OH is 1. The second-order valence-electron chi connectivity index (χ2n) is 9.33. The van der Waals surface area contributed by atoms with E-state index in [0.717, 1.165) is 34.5 Å². The van der Waals surface area contributed by atoms with E-state index < -0.39 is 0 Å². The molecule has 3 atom stereocenters. The van der Waals surface area contributed by atoms with E-state index in [1.165, 1.54) is 0 Å². The number of benzene rings is 3. The molecular weight excluding hydrogens is 444 g/mol. The number of methoxy groups -OCH3 is 1. The summed E-state index contributed by atoms with van der Waals surface area (Å²) in [7, 11) is 3.70. The van der Waals surface area contributed by atoms with Crippen LogP contribution in [0.15, 0.2) is 60.7 Å². The summed E-state index contributed by atoms with van der Waals surface area (Å²) in [5.74, 6) is 2.17. The van der Waals surface area contributed by atoms with Gasteiger partial charge in [0.15, 0.2) is 11.5 Å². The lowest BCUT2D eigenvalue weighted by Crippen LogP contribution is -2.48. The number of nitrogens with zero attached hydrogens (tertiary/aromatic N) is 2. The third kappa shape index (κ3) is 3.49. The quantitative estimate of drug-likeness (QED) is 0.616. The van der Waals surface area contributed by atoms with Crippen molar-refractivity contribution >= 4 is 11.6 Å². The smallest absolute Gasteiger partial charge is 0.254 e. The summed E-state index contributed by atoms with van der Waals surface area (Å²) in [5.41, 5.74) is 4.86. The number of ether oxygens (including phenoxy) is 3. The molecule has 0 radical (unpaired) electrons. The summed E-state index contributed by atoms with van der Waals surface area (Å²) in [5, 5.41) is 10.3. The molecule has 1 N–H and O–H groups in total. The van der Waals surface area contributed by atoms with Gasteiger partial charge < -0.3 is 29.1 Å². The van der Waals surface area contributed by atoms with Crippen molar-refractivity contribution in [3.63, 3.8) is 0 Å². The van der Waals surface area contributed by atoms with Crippen molar-refractivity contribution in [2.45, 2.75) is 18.5 Å². The minimum atomic E-state index is -0.123.